The lowest BCUT2D eigenvalue weighted by Crippen LogP contribution is -2.37. The van der Waals surface area contributed by atoms with Crippen LogP contribution in [0.1, 0.15) is 30.3 Å². The third-order valence-electron chi connectivity index (χ3n) is 3.22. The number of carbonyl (C=O) groups is 2. The minimum Gasteiger partial charge on any atom is -0.489 e. The van der Waals surface area contributed by atoms with E-state index in [1.807, 2.05) is 0 Å². The van der Waals surface area contributed by atoms with E-state index in [1.165, 1.54) is 6.20 Å². The summed E-state index contributed by atoms with van der Waals surface area (Å²) >= 11 is 0. The van der Waals surface area contributed by atoms with Crippen molar-refractivity contribution in [3.63, 3.8) is 0 Å². The van der Waals surface area contributed by atoms with Gasteiger partial charge in [-0.25, -0.2) is 4.98 Å². The predicted octanol–water partition coefficient (Wildman–Crippen LogP) is 0.570. The van der Waals surface area contributed by atoms with Crippen LogP contribution in [-0.2, 0) is 4.79 Å². The van der Waals surface area contributed by atoms with Gasteiger partial charge in [0.2, 0.25) is 5.91 Å². The topological polar surface area (TPSA) is 85.5 Å². The van der Waals surface area contributed by atoms with Crippen molar-refractivity contribution in [2.24, 2.45) is 5.73 Å². The molecule has 0 bridgehead atoms. The van der Waals surface area contributed by atoms with E-state index in [0.29, 0.717) is 12.4 Å². The first-order valence-electron chi connectivity index (χ1n) is 6.24. The molecule has 1 saturated heterocycles. The zero-order valence-corrected chi connectivity index (χ0v) is 10.8. The molecule has 0 aliphatic carbocycles. The molecule has 1 aromatic heterocycles. The Morgan fingerprint density at radius 3 is 3.05 bits per heavy atom. The van der Waals surface area contributed by atoms with Crippen LogP contribution < -0.4 is 10.5 Å². The minimum absolute atomic E-state index is 0.0485. The van der Waals surface area contributed by atoms with E-state index in [9.17, 15) is 9.59 Å². The van der Waals surface area contributed by atoms with Crippen LogP contribution in [0.4, 0.5) is 0 Å². The van der Waals surface area contributed by atoms with Crippen molar-refractivity contribution in [2.45, 2.75) is 25.8 Å². The molecule has 0 aromatic carbocycles. The van der Waals surface area contributed by atoms with Crippen molar-refractivity contribution in [2.75, 3.05) is 13.2 Å². The molecule has 0 radical (unpaired) electrons. The molecule has 6 heteroatoms. The Balaban J connectivity index is 2.03. The summed E-state index contributed by atoms with van der Waals surface area (Å²) in [5, 5.41) is 0. The first kappa shape index (κ1) is 13.3. The number of hydrogen-bond acceptors (Lipinski definition) is 4. The molecule has 2 heterocycles. The summed E-state index contributed by atoms with van der Waals surface area (Å²) in [6.45, 7) is 2.67. The van der Waals surface area contributed by atoms with Gasteiger partial charge in [0.15, 0.2) is 11.4 Å². The highest BCUT2D eigenvalue weighted by Gasteiger charge is 2.27. The molecule has 19 heavy (non-hydrogen) atoms. The number of rotatable bonds is 4. The van der Waals surface area contributed by atoms with Crippen LogP contribution in [-0.4, -0.2) is 40.9 Å². The molecule has 2 amide bonds. The summed E-state index contributed by atoms with van der Waals surface area (Å²) < 4.78 is 5.61. The molecular weight excluding hydrogens is 246 g/mol. The maximum absolute atomic E-state index is 11.4. The predicted molar refractivity (Wildman–Crippen MR) is 68.7 cm³/mol. The molecule has 0 saturated carbocycles. The number of primary amides is 1. The highest BCUT2D eigenvalue weighted by molar-refractivity contribution is 5.93. The molecule has 2 N–H and O–H groups in total. The first-order valence-corrected chi connectivity index (χ1v) is 6.24. The van der Waals surface area contributed by atoms with E-state index < -0.39 is 5.91 Å². The third-order valence-corrected chi connectivity index (χ3v) is 3.22. The van der Waals surface area contributed by atoms with Gasteiger partial charge in [0.1, 0.15) is 6.61 Å². The van der Waals surface area contributed by atoms with Gasteiger partial charge >= 0.3 is 0 Å². The summed E-state index contributed by atoms with van der Waals surface area (Å²) in [5.41, 5.74) is 5.35. The number of nitrogens with two attached hydrogens (primary N) is 1. The fraction of sp³-hybridized carbons (Fsp3) is 0.462. The zero-order chi connectivity index (χ0) is 13.8. The number of pyridine rings is 1. The number of ether oxygens (including phenoxy) is 1. The fourth-order valence-corrected chi connectivity index (χ4v) is 2.30. The van der Waals surface area contributed by atoms with E-state index >= 15 is 0 Å². The normalized spacial score (nSPS) is 18.4. The molecular formula is C13H17N3O3. The monoisotopic (exact) mass is 263 g/mol. The van der Waals surface area contributed by atoms with Gasteiger partial charge in [0, 0.05) is 19.7 Å². The van der Waals surface area contributed by atoms with Gasteiger partial charge < -0.3 is 15.4 Å². The number of amides is 2. The smallest absolute Gasteiger partial charge is 0.271 e. The summed E-state index contributed by atoms with van der Waals surface area (Å²) in [6, 6.07) is 3.39. The van der Waals surface area contributed by atoms with E-state index in [2.05, 4.69) is 4.98 Å². The highest BCUT2D eigenvalue weighted by atomic mass is 16.5. The van der Waals surface area contributed by atoms with Crippen molar-refractivity contribution >= 4 is 11.8 Å². The molecule has 1 aromatic rings. The van der Waals surface area contributed by atoms with E-state index in [1.54, 1.807) is 24.0 Å². The second kappa shape index (κ2) is 5.69. The number of hydrogen-bond donors (Lipinski definition) is 1. The fourth-order valence-electron chi connectivity index (χ4n) is 2.30. The standard InChI is InChI=1S/C13H17N3O3/c1-9(17)16-7-3-4-10(16)8-19-11-5-2-6-15-12(11)13(14)18/h2,5-6,10H,3-4,7-8H2,1H3,(H2,14,18)/t10-/m1/s1. The molecule has 2 rings (SSSR count). The Hall–Kier alpha value is -2.11. The maximum Gasteiger partial charge on any atom is 0.271 e. The van der Waals surface area contributed by atoms with E-state index in [4.69, 9.17) is 10.5 Å². The van der Waals surface area contributed by atoms with Crippen LogP contribution in [0, 0.1) is 0 Å². The van der Waals surface area contributed by atoms with Crippen molar-refractivity contribution in [1.82, 2.24) is 9.88 Å². The largest absolute Gasteiger partial charge is 0.489 e. The van der Waals surface area contributed by atoms with Crippen LogP contribution in [0.2, 0.25) is 0 Å². The summed E-state index contributed by atoms with van der Waals surface area (Å²) in [4.78, 5) is 28.3. The Morgan fingerprint density at radius 1 is 1.58 bits per heavy atom. The van der Waals surface area contributed by atoms with Gasteiger partial charge in [-0.3, -0.25) is 9.59 Å². The van der Waals surface area contributed by atoms with Crippen LogP contribution in [0.5, 0.6) is 5.75 Å². The minimum atomic E-state index is -0.620. The van der Waals surface area contributed by atoms with Gasteiger partial charge in [0.05, 0.1) is 6.04 Å². The SMILES string of the molecule is CC(=O)N1CCC[C@@H]1COc1cccnc1C(N)=O. The first-order chi connectivity index (χ1) is 9.09. The lowest BCUT2D eigenvalue weighted by atomic mass is 10.2. The van der Waals surface area contributed by atoms with Crippen LogP contribution in [0.3, 0.4) is 0 Å². The van der Waals surface area contributed by atoms with Crippen molar-refractivity contribution < 1.29 is 14.3 Å². The lowest BCUT2D eigenvalue weighted by Gasteiger charge is -2.23. The summed E-state index contributed by atoms with van der Waals surface area (Å²) in [7, 11) is 0. The highest BCUT2D eigenvalue weighted by Crippen LogP contribution is 2.20. The second-order valence-corrected chi connectivity index (χ2v) is 4.53. The number of aromatic nitrogens is 1. The van der Waals surface area contributed by atoms with Gasteiger partial charge in [0.25, 0.3) is 5.91 Å². The average Bonchev–Trinajstić information content (AvgIpc) is 2.85. The van der Waals surface area contributed by atoms with Gasteiger partial charge in [-0.15, -0.1) is 0 Å². The van der Waals surface area contributed by atoms with Crippen molar-refractivity contribution in [1.29, 1.82) is 0 Å². The quantitative estimate of drug-likeness (QED) is 0.860. The molecule has 6 nitrogen and oxygen atoms in total. The number of likely N-dealkylation sites (tertiary alicyclic amines) is 1. The maximum atomic E-state index is 11.4. The van der Waals surface area contributed by atoms with Crippen molar-refractivity contribution in [3.8, 4) is 5.75 Å². The number of carbonyl (C=O) groups excluding carboxylic acids is 2. The molecule has 1 fully saturated rings. The second-order valence-electron chi connectivity index (χ2n) is 4.53. The van der Waals surface area contributed by atoms with Crippen molar-refractivity contribution in [3.05, 3.63) is 24.0 Å². The van der Waals surface area contributed by atoms with Gasteiger partial charge in [-0.1, -0.05) is 0 Å². The Morgan fingerprint density at radius 2 is 2.37 bits per heavy atom. The zero-order valence-electron chi connectivity index (χ0n) is 10.8. The van der Waals surface area contributed by atoms with Gasteiger partial charge in [-0.2, -0.15) is 0 Å². The average molecular weight is 263 g/mol. The Bertz CT molecular complexity index is 490. The molecule has 1 aliphatic heterocycles. The lowest BCUT2D eigenvalue weighted by molar-refractivity contribution is -0.130. The molecule has 102 valence electrons. The summed E-state index contributed by atoms with van der Waals surface area (Å²) in [5.74, 6) is -0.205. The van der Waals surface area contributed by atoms with Crippen LogP contribution >= 0.6 is 0 Å². The van der Waals surface area contributed by atoms with Gasteiger partial charge in [-0.05, 0) is 25.0 Å². The molecule has 1 aliphatic rings. The van der Waals surface area contributed by atoms with Crippen LogP contribution in [0.25, 0.3) is 0 Å². The Labute approximate surface area is 111 Å². The molecule has 0 spiro atoms. The van der Waals surface area contributed by atoms with E-state index in [0.717, 1.165) is 19.4 Å². The number of nitrogens with zero attached hydrogens (tertiary/aromatic N) is 2. The molecule has 1 atom stereocenters. The van der Waals surface area contributed by atoms with Crippen LogP contribution in [0.15, 0.2) is 18.3 Å². The third kappa shape index (κ3) is 3.01. The Kier molecular flexibility index (Phi) is 3.99. The van der Waals surface area contributed by atoms with E-state index in [-0.39, 0.29) is 17.6 Å². The molecule has 0 unspecified atom stereocenters. The summed E-state index contributed by atoms with van der Waals surface area (Å²) in [6.07, 6.45) is 3.37.